The third kappa shape index (κ3) is 21.8. The molecule has 9 atom stereocenters. The molecule has 0 saturated carbocycles. The number of aliphatic carboxylic acids is 1. The molecule has 0 saturated heterocycles. The minimum Gasteiger partial charge on any atom is -0.480 e. The third-order valence-electron chi connectivity index (χ3n) is 15.6. The Morgan fingerprint density at radius 3 is 1.37 bits per heavy atom. The summed E-state index contributed by atoms with van der Waals surface area (Å²) in [6, 6.07) is 21.8. The lowest BCUT2D eigenvalue weighted by Crippen LogP contribution is -2.61. The molecular weight excluding hydrogens is 1180 g/mol. The number of hydrogen-bond acceptors (Lipinski definition) is 13. The maximum absolute atomic E-state index is 15.2. The number of rotatable bonds is 37. The molecule has 492 valence electrons. The van der Waals surface area contributed by atoms with Crippen molar-refractivity contribution in [3.8, 4) is 0 Å². The van der Waals surface area contributed by atoms with Crippen molar-refractivity contribution < 1.29 is 53.1 Å². The summed E-state index contributed by atoms with van der Waals surface area (Å²) in [5.41, 5.74) is 26.9. The number of amides is 9. The van der Waals surface area contributed by atoms with Crippen LogP contribution in [0.2, 0.25) is 0 Å². The second-order valence-corrected chi connectivity index (χ2v) is 22.6. The molecule has 27 nitrogen and oxygen atoms in total. The number of unbranched alkanes of at least 4 members (excludes halogenated alkanes) is 1. The van der Waals surface area contributed by atoms with Crippen LogP contribution in [-0.2, 0) is 73.6 Å². The molecule has 2 aromatic heterocycles. The zero-order valence-electron chi connectivity index (χ0n) is 51.9. The van der Waals surface area contributed by atoms with E-state index in [-0.39, 0.29) is 64.0 Å². The van der Waals surface area contributed by atoms with Crippen LogP contribution in [0.15, 0.2) is 127 Å². The van der Waals surface area contributed by atoms with Crippen LogP contribution < -0.4 is 70.8 Å². The highest BCUT2D eigenvalue weighted by Gasteiger charge is 2.36. The molecule has 0 fully saturated rings. The van der Waals surface area contributed by atoms with Crippen molar-refractivity contribution in [3.63, 3.8) is 0 Å². The first-order valence-electron chi connectivity index (χ1n) is 30.7. The van der Waals surface area contributed by atoms with E-state index in [9.17, 15) is 38.7 Å². The molecule has 0 spiro atoms. The molecule has 0 aliphatic carbocycles. The van der Waals surface area contributed by atoms with Gasteiger partial charge in [-0.25, -0.2) is 0 Å². The van der Waals surface area contributed by atoms with Crippen LogP contribution in [-0.4, -0.2) is 155 Å². The van der Waals surface area contributed by atoms with Crippen LogP contribution in [0.25, 0.3) is 21.8 Å². The van der Waals surface area contributed by atoms with E-state index in [1.165, 1.54) is 6.92 Å². The number of para-hydroxylation sites is 2. The Morgan fingerprint density at radius 1 is 0.489 bits per heavy atom. The summed E-state index contributed by atoms with van der Waals surface area (Å²) >= 11 is 0. The minimum atomic E-state index is -1.45. The van der Waals surface area contributed by atoms with E-state index in [0.717, 1.165) is 27.4 Å². The average molecular weight is 1270 g/mol. The van der Waals surface area contributed by atoms with E-state index >= 15 is 14.4 Å². The Hall–Kier alpha value is -10.1. The highest BCUT2D eigenvalue weighted by Crippen LogP contribution is 2.22. The van der Waals surface area contributed by atoms with Crippen molar-refractivity contribution in [2.75, 3.05) is 26.2 Å². The number of aromatic amines is 2. The Kier molecular flexibility index (Phi) is 27.7. The monoisotopic (exact) mass is 1270 g/mol. The predicted molar refractivity (Wildman–Crippen MR) is 347 cm³/mol. The van der Waals surface area contributed by atoms with Crippen molar-refractivity contribution in [3.05, 3.63) is 144 Å². The van der Waals surface area contributed by atoms with E-state index in [4.69, 9.17) is 22.9 Å². The number of nitrogens with two attached hydrogens (primary N) is 4. The lowest BCUT2D eigenvalue weighted by molar-refractivity contribution is -0.141. The highest BCUT2D eigenvalue weighted by atomic mass is 16.4. The van der Waals surface area contributed by atoms with Gasteiger partial charge in [0.1, 0.15) is 48.3 Å². The number of nitrogens with zero attached hydrogens (tertiary/aromatic N) is 1. The van der Waals surface area contributed by atoms with Crippen molar-refractivity contribution in [1.29, 1.82) is 0 Å². The van der Waals surface area contributed by atoms with Crippen molar-refractivity contribution >= 4 is 86.9 Å². The third-order valence-corrected chi connectivity index (χ3v) is 15.6. The van der Waals surface area contributed by atoms with E-state index in [2.05, 4.69) is 62.8 Å². The topological polar surface area (TPSA) is 447 Å². The number of nitrogens with one attached hydrogen (secondary N) is 11. The molecule has 0 radical (unpaired) electrons. The number of carboxylic acids is 1. The van der Waals surface area contributed by atoms with Gasteiger partial charge in [0.25, 0.3) is 0 Å². The molecule has 6 aromatic rings. The van der Waals surface area contributed by atoms with Gasteiger partial charge in [0, 0.05) is 66.4 Å². The van der Waals surface area contributed by atoms with Gasteiger partial charge in [-0.2, -0.15) is 0 Å². The Bertz CT molecular complexity index is 3500. The Balaban J connectivity index is 1.32. The van der Waals surface area contributed by atoms with Crippen LogP contribution in [0.4, 0.5) is 0 Å². The van der Waals surface area contributed by atoms with E-state index < -0.39 is 126 Å². The van der Waals surface area contributed by atoms with E-state index in [0.29, 0.717) is 36.0 Å². The fourth-order valence-electron chi connectivity index (χ4n) is 10.3. The largest absolute Gasteiger partial charge is 0.480 e. The number of carboxylic acid groups (broad SMARTS) is 1. The van der Waals surface area contributed by atoms with Gasteiger partial charge in [0.05, 0.1) is 13.1 Å². The SMILES string of the molecule is CC[C@H](C)[C@H](NC(=O)[C@H](CCCN=C(N)N)NC(=O)[C@H](Cc1c[nH]c2ccccc12)NC(=O)[C@H](CCCCN)NC(=O)[C@H](Cc1c[nH]c2ccccc12)NC(=O)[C@H](Cc1ccccc1)NC(=O)[C@H](Cc1ccccc1)NC(=O)CN)C(=O)NCC(=O)N[C@@H](C)C(=O)O. The molecule has 27 heteroatoms. The normalized spacial score (nSPS) is 14.1. The molecule has 0 aliphatic heterocycles. The van der Waals surface area contributed by atoms with Crippen LogP contribution in [0.5, 0.6) is 0 Å². The summed E-state index contributed by atoms with van der Waals surface area (Å²) in [4.78, 5) is 150. The van der Waals surface area contributed by atoms with Gasteiger partial charge in [-0.15, -0.1) is 0 Å². The maximum atomic E-state index is 15.2. The summed E-state index contributed by atoms with van der Waals surface area (Å²) in [6.45, 7) is 3.98. The van der Waals surface area contributed by atoms with Crippen molar-refractivity contribution in [2.24, 2.45) is 33.8 Å². The summed E-state index contributed by atoms with van der Waals surface area (Å²) in [5.74, 6) is -8.91. The van der Waals surface area contributed by atoms with Gasteiger partial charge in [-0.3, -0.25) is 52.9 Å². The summed E-state index contributed by atoms with van der Waals surface area (Å²) in [7, 11) is 0. The van der Waals surface area contributed by atoms with Gasteiger partial charge in [-0.1, -0.05) is 117 Å². The van der Waals surface area contributed by atoms with Gasteiger partial charge < -0.3 is 85.9 Å². The number of aliphatic imine (C=N–C) groups is 1. The summed E-state index contributed by atoms with van der Waals surface area (Å²) < 4.78 is 0. The molecule has 6 rings (SSSR count). The van der Waals surface area contributed by atoms with Gasteiger partial charge in [0.2, 0.25) is 53.2 Å². The smallest absolute Gasteiger partial charge is 0.325 e. The molecule has 0 unspecified atom stereocenters. The lowest BCUT2D eigenvalue weighted by Gasteiger charge is -2.29. The lowest BCUT2D eigenvalue weighted by atomic mass is 9.97. The van der Waals surface area contributed by atoms with Crippen molar-refractivity contribution in [1.82, 2.24) is 57.8 Å². The number of carbonyl (C=O) groups is 10. The van der Waals surface area contributed by atoms with E-state index in [1.54, 1.807) is 93.0 Å². The number of carbonyl (C=O) groups excluding carboxylic acids is 9. The summed E-state index contributed by atoms with van der Waals surface area (Å²) in [5, 5.41) is 35.1. The van der Waals surface area contributed by atoms with Gasteiger partial charge >= 0.3 is 5.97 Å². The Labute approximate surface area is 533 Å². The van der Waals surface area contributed by atoms with Crippen LogP contribution >= 0.6 is 0 Å². The first-order valence-corrected chi connectivity index (χ1v) is 30.7. The number of H-pyrrole nitrogens is 2. The molecule has 92 heavy (non-hydrogen) atoms. The molecule has 0 bridgehead atoms. The van der Waals surface area contributed by atoms with Crippen LogP contribution in [0.1, 0.15) is 81.5 Å². The zero-order chi connectivity index (χ0) is 66.7. The average Bonchev–Trinajstić information content (AvgIpc) is 1.66. The number of guanidine groups is 1. The van der Waals surface area contributed by atoms with Gasteiger partial charge in [-0.05, 0) is 85.9 Å². The number of benzene rings is 4. The van der Waals surface area contributed by atoms with Crippen LogP contribution in [0, 0.1) is 5.92 Å². The number of hydrogen-bond donors (Lipinski definition) is 16. The molecule has 0 aliphatic rings. The number of aromatic nitrogens is 2. The fraction of sp³-hybridized carbons (Fsp3) is 0.400. The molecule has 9 amide bonds. The summed E-state index contributed by atoms with van der Waals surface area (Å²) in [6.07, 6.45) is 4.31. The molecular formula is C65H86N16O11. The zero-order valence-corrected chi connectivity index (χ0v) is 51.9. The quantitative estimate of drug-likeness (QED) is 0.0141. The Morgan fingerprint density at radius 2 is 0.913 bits per heavy atom. The predicted octanol–water partition coefficient (Wildman–Crippen LogP) is 0.206. The minimum absolute atomic E-state index is 0.00307. The number of fused-ring (bicyclic) bond motifs is 2. The molecule has 2 heterocycles. The molecule has 4 aromatic carbocycles. The second kappa shape index (κ2) is 35.9. The fourth-order valence-corrected chi connectivity index (χ4v) is 10.3. The van der Waals surface area contributed by atoms with E-state index in [1.807, 2.05) is 42.5 Å². The maximum Gasteiger partial charge on any atom is 0.325 e. The highest BCUT2D eigenvalue weighted by molar-refractivity contribution is 5.99. The first-order chi connectivity index (χ1) is 44.2. The van der Waals surface area contributed by atoms with Crippen molar-refractivity contribution in [2.45, 2.75) is 133 Å². The standard InChI is InChI=1S/C65H86N16O11/c1-4-38(2)56(63(90)73-37-55(83)74-39(3)64(91)92)81-58(85)49(27-17-29-70-65(68)69)77-61(88)52(32-42-35-71-46-24-13-11-22-44(42)46)79-57(84)48(26-15-16-28-66)76-62(89)53(33-43-36-72-47-25-14-12-23-45(43)47)80-60(87)51(31-41-20-9-6-10-21-41)78-59(86)50(75-54(82)34-67)30-40-18-7-5-8-19-40/h5-14,18-25,35-36,38-39,48-53,56,71-72H,4,15-17,26-34,37,66-67H2,1-3H3,(H,73,90)(H,74,83)(H,75,82)(H,76,89)(H,77,88)(H,78,86)(H,79,84)(H,80,87)(H,81,85)(H,91,92)(H4,68,69,70)/t38-,39-,48-,49-,50-,51-,52-,53-,56-/m0/s1. The van der Waals surface area contributed by atoms with Gasteiger partial charge in [0.15, 0.2) is 5.96 Å². The van der Waals surface area contributed by atoms with Crippen LogP contribution in [0.3, 0.4) is 0 Å². The first kappa shape index (κ1) is 70.9. The second-order valence-electron chi connectivity index (χ2n) is 22.6. The molecule has 20 N–H and O–H groups in total.